The van der Waals surface area contributed by atoms with E-state index in [1.165, 1.54) is 173 Å². The molecule has 6 nitrogen and oxygen atoms in total. The summed E-state index contributed by atoms with van der Waals surface area (Å²) in [4.78, 5) is 38.4. The Kier molecular flexibility index (Phi) is 65.2. The summed E-state index contributed by atoms with van der Waals surface area (Å²) in [6.07, 6.45) is 94.0. The number of hydrogen-bond donors (Lipinski definition) is 0. The summed E-state index contributed by atoms with van der Waals surface area (Å²) in [6.45, 7) is 6.50. The highest BCUT2D eigenvalue weighted by atomic mass is 16.6. The molecule has 0 fully saturated rings. The van der Waals surface area contributed by atoms with E-state index in [1.807, 2.05) is 0 Å². The predicted octanol–water partition coefficient (Wildman–Crippen LogP) is 23.8. The maximum Gasteiger partial charge on any atom is 0.306 e. The fourth-order valence-electron chi connectivity index (χ4n) is 9.59. The largest absolute Gasteiger partial charge is 0.462 e. The fraction of sp³-hybridized carbons (Fsp3) is 0.720. The molecule has 81 heavy (non-hydrogen) atoms. The monoisotopic (exact) mass is 1120 g/mol. The zero-order valence-corrected chi connectivity index (χ0v) is 53.3. The maximum atomic E-state index is 12.9. The van der Waals surface area contributed by atoms with E-state index in [0.717, 1.165) is 116 Å². The van der Waals surface area contributed by atoms with Crippen LogP contribution in [0.2, 0.25) is 0 Å². The first-order valence-corrected chi connectivity index (χ1v) is 34.4. The van der Waals surface area contributed by atoms with Crippen LogP contribution in [0.25, 0.3) is 0 Å². The minimum absolute atomic E-state index is 0.0917. The molecule has 0 aliphatic rings. The third kappa shape index (κ3) is 66.8. The molecular weight excluding hydrogens is 997 g/mol. The van der Waals surface area contributed by atoms with Gasteiger partial charge in [0.15, 0.2) is 6.10 Å². The highest BCUT2D eigenvalue weighted by Crippen LogP contribution is 2.16. The second-order valence-electron chi connectivity index (χ2n) is 22.7. The van der Waals surface area contributed by atoms with Crippen LogP contribution in [0.4, 0.5) is 0 Å². The van der Waals surface area contributed by atoms with Crippen LogP contribution in [-0.2, 0) is 28.6 Å². The molecule has 0 aromatic rings. The SMILES string of the molecule is CC/C=C\C/C=C\C/C=C\CCCCCC(=O)OCC(COC(=O)CCCCCCCCCCCCCC/C=C\C/C=C\C/C=C\CCCCCCC)OC(=O)CCCCCCCCCC/C=C\C/C=C\C/C=C\CCCCCCC. The first-order chi connectivity index (χ1) is 40.0. The second-order valence-corrected chi connectivity index (χ2v) is 22.7. The quantitative estimate of drug-likeness (QED) is 0.0261. The molecule has 1 unspecified atom stereocenters. The van der Waals surface area contributed by atoms with Crippen molar-refractivity contribution in [2.24, 2.45) is 0 Å². The average Bonchev–Trinajstić information content (AvgIpc) is 3.46. The lowest BCUT2D eigenvalue weighted by Gasteiger charge is -2.18. The van der Waals surface area contributed by atoms with Gasteiger partial charge in [0.2, 0.25) is 0 Å². The number of hydrogen-bond acceptors (Lipinski definition) is 6. The molecule has 0 spiro atoms. The van der Waals surface area contributed by atoms with Crippen LogP contribution in [0.5, 0.6) is 0 Å². The zero-order chi connectivity index (χ0) is 58.5. The number of esters is 3. The van der Waals surface area contributed by atoms with E-state index in [1.54, 1.807) is 0 Å². The van der Waals surface area contributed by atoms with Crippen LogP contribution >= 0.6 is 0 Å². The number of allylic oxidation sites excluding steroid dienone is 18. The highest BCUT2D eigenvalue weighted by molar-refractivity contribution is 5.71. The number of carbonyl (C=O) groups excluding carboxylic acids is 3. The van der Waals surface area contributed by atoms with Crippen molar-refractivity contribution in [1.29, 1.82) is 0 Å². The summed E-state index contributed by atoms with van der Waals surface area (Å²) < 4.78 is 16.9. The summed E-state index contributed by atoms with van der Waals surface area (Å²) in [6, 6.07) is 0. The number of unbranched alkanes of at least 4 members (excludes halogenated alkanes) is 33. The molecule has 0 rings (SSSR count). The third-order valence-corrected chi connectivity index (χ3v) is 14.7. The molecule has 6 heteroatoms. The second kappa shape index (κ2) is 68.6. The van der Waals surface area contributed by atoms with E-state index >= 15 is 0 Å². The van der Waals surface area contributed by atoms with E-state index in [4.69, 9.17) is 14.2 Å². The molecule has 1 atom stereocenters. The van der Waals surface area contributed by atoms with Gasteiger partial charge in [-0.25, -0.2) is 0 Å². The van der Waals surface area contributed by atoms with Crippen LogP contribution < -0.4 is 0 Å². The molecule has 0 saturated heterocycles. The van der Waals surface area contributed by atoms with Crippen LogP contribution in [0.1, 0.15) is 329 Å². The zero-order valence-electron chi connectivity index (χ0n) is 53.3. The summed E-state index contributed by atoms with van der Waals surface area (Å²) in [5.41, 5.74) is 0. The van der Waals surface area contributed by atoms with Crippen molar-refractivity contribution in [1.82, 2.24) is 0 Å². The molecule has 0 heterocycles. The number of rotatable bonds is 62. The van der Waals surface area contributed by atoms with Gasteiger partial charge in [-0.1, -0.05) is 291 Å². The van der Waals surface area contributed by atoms with Gasteiger partial charge >= 0.3 is 17.9 Å². The lowest BCUT2D eigenvalue weighted by molar-refractivity contribution is -0.167. The lowest BCUT2D eigenvalue weighted by Crippen LogP contribution is -2.30. The van der Waals surface area contributed by atoms with Crippen molar-refractivity contribution >= 4 is 17.9 Å². The van der Waals surface area contributed by atoms with Crippen molar-refractivity contribution in [3.05, 3.63) is 109 Å². The molecular formula is C75H128O6. The van der Waals surface area contributed by atoms with Crippen LogP contribution in [0.15, 0.2) is 109 Å². The number of ether oxygens (including phenoxy) is 3. The molecule has 0 N–H and O–H groups in total. The Labute approximate surface area is 501 Å². The first kappa shape index (κ1) is 77.1. The van der Waals surface area contributed by atoms with Crippen molar-refractivity contribution in [3.63, 3.8) is 0 Å². The molecule has 0 aromatic carbocycles. The van der Waals surface area contributed by atoms with Gasteiger partial charge < -0.3 is 14.2 Å². The van der Waals surface area contributed by atoms with Crippen LogP contribution in [0, 0.1) is 0 Å². The van der Waals surface area contributed by atoms with Gasteiger partial charge in [0.25, 0.3) is 0 Å². The minimum Gasteiger partial charge on any atom is -0.462 e. The standard InChI is InChI=1S/C75H128O6/c1-4-7-10-13-16-19-22-25-27-29-31-33-35-36-37-38-40-41-43-45-47-50-53-56-59-62-65-68-74(77)80-71-72(70-79-73(76)67-64-61-58-55-52-49-24-21-18-15-12-9-6-3)81-75(78)69-66-63-60-57-54-51-48-46-44-42-39-34-32-30-28-26-23-20-17-14-11-8-5-2/h9,12,18,21-23,25-26,29-32,35-36,39,42,49,52,72H,4-8,10-11,13-17,19-20,24,27-28,33-34,37-38,40-41,43-48,50-51,53-71H2,1-3H3/b12-9-,21-18-,25-22-,26-23-,31-29-,32-30-,36-35-,42-39-,52-49-. The average molecular weight is 1130 g/mol. The van der Waals surface area contributed by atoms with Crippen molar-refractivity contribution in [2.45, 2.75) is 335 Å². The van der Waals surface area contributed by atoms with E-state index in [-0.39, 0.29) is 31.1 Å². The normalized spacial score (nSPS) is 12.8. The van der Waals surface area contributed by atoms with Crippen LogP contribution in [-0.4, -0.2) is 37.2 Å². The molecule has 0 radical (unpaired) electrons. The van der Waals surface area contributed by atoms with Gasteiger partial charge in [0.05, 0.1) is 0 Å². The highest BCUT2D eigenvalue weighted by Gasteiger charge is 2.19. The van der Waals surface area contributed by atoms with Gasteiger partial charge in [-0.15, -0.1) is 0 Å². The molecule has 0 aliphatic heterocycles. The van der Waals surface area contributed by atoms with E-state index in [9.17, 15) is 14.4 Å². The summed E-state index contributed by atoms with van der Waals surface area (Å²) in [7, 11) is 0. The molecule has 464 valence electrons. The van der Waals surface area contributed by atoms with Crippen LogP contribution in [0.3, 0.4) is 0 Å². The van der Waals surface area contributed by atoms with Gasteiger partial charge in [0, 0.05) is 19.3 Å². The Bertz CT molecular complexity index is 1620. The topological polar surface area (TPSA) is 78.9 Å². The Morgan fingerprint density at radius 3 is 0.765 bits per heavy atom. The fourth-order valence-corrected chi connectivity index (χ4v) is 9.59. The Morgan fingerprint density at radius 2 is 0.481 bits per heavy atom. The molecule has 0 saturated carbocycles. The van der Waals surface area contributed by atoms with E-state index in [0.29, 0.717) is 19.3 Å². The van der Waals surface area contributed by atoms with Gasteiger partial charge in [-0.3, -0.25) is 14.4 Å². The van der Waals surface area contributed by atoms with Gasteiger partial charge in [0.1, 0.15) is 13.2 Å². The lowest BCUT2D eigenvalue weighted by atomic mass is 10.0. The Balaban J connectivity index is 4.33. The van der Waals surface area contributed by atoms with Crippen molar-refractivity contribution < 1.29 is 28.6 Å². The Morgan fingerprint density at radius 1 is 0.259 bits per heavy atom. The van der Waals surface area contributed by atoms with Crippen molar-refractivity contribution in [2.75, 3.05) is 13.2 Å². The van der Waals surface area contributed by atoms with Gasteiger partial charge in [-0.2, -0.15) is 0 Å². The summed E-state index contributed by atoms with van der Waals surface area (Å²) in [5, 5.41) is 0. The molecule has 0 aliphatic carbocycles. The summed E-state index contributed by atoms with van der Waals surface area (Å²) >= 11 is 0. The predicted molar refractivity (Wildman–Crippen MR) is 353 cm³/mol. The van der Waals surface area contributed by atoms with E-state index < -0.39 is 6.10 Å². The van der Waals surface area contributed by atoms with Gasteiger partial charge in [-0.05, 0) is 128 Å². The molecule has 0 aromatic heterocycles. The summed E-state index contributed by atoms with van der Waals surface area (Å²) in [5.74, 6) is -0.922. The number of carbonyl (C=O) groups is 3. The van der Waals surface area contributed by atoms with E-state index in [2.05, 4.69) is 130 Å². The smallest absolute Gasteiger partial charge is 0.306 e. The maximum absolute atomic E-state index is 12.9. The molecule has 0 bridgehead atoms. The Hall–Kier alpha value is -3.93. The first-order valence-electron chi connectivity index (χ1n) is 34.4. The molecule has 0 amide bonds. The van der Waals surface area contributed by atoms with Crippen molar-refractivity contribution in [3.8, 4) is 0 Å². The third-order valence-electron chi connectivity index (χ3n) is 14.7. The minimum atomic E-state index is -0.798.